The van der Waals surface area contributed by atoms with Gasteiger partial charge >= 0.3 is 6.03 Å². The second-order valence-electron chi connectivity index (χ2n) is 5.35. The molecule has 118 valence electrons. The molecule has 1 atom stereocenters. The van der Waals surface area contributed by atoms with Gasteiger partial charge < -0.3 is 9.73 Å². The number of ketones is 1. The van der Waals surface area contributed by atoms with Gasteiger partial charge in [0.1, 0.15) is 5.54 Å². The SMILES string of the molecule is C[C@@]1(c2ccc(Cl)cc2)NC(=O)N(CC(=O)c2ccco2)C1=O. The third kappa shape index (κ3) is 2.61. The van der Waals surface area contributed by atoms with E-state index >= 15 is 0 Å². The molecule has 0 saturated carbocycles. The molecule has 2 heterocycles. The van der Waals surface area contributed by atoms with Gasteiger partial charge in [-0.3, -0.25) is 14.5 Å². The Morgan fingerprint density at radius 3 is 2.57 bits per heavy atom. The highest BCUT2D eigenvalue weighted by Crippen LogP contribution is 2.29. The molecule has 3 rings (SSSR count). The van der Waals surface area contributed by atoms with Gasteiger partial charge in [-0.05, 0) is 36.8 Å². The van der Waals surface area contributed by atoms with E-state index in [-0.39, 0.29) is 12.3 Å². The highest BCUT2D eigenvalue weighted by molar-refractivity contribution is 6.30. The summed E-state index contributed by atoms with van der Waals surface area (Å²) >= 11 is 5.85. The summed E-state index contributed by atoms with van der Waals surface area (Å²) in [5.41, 5.74) is -0.640. The summed E-state index contributed by atoms with van der Waals surface area (Å²) in [6.07, 6.45) is 1.36. The lowest BCUT2D eigenvalue weighted by molar-refractivity contribution is -0.130. The molecule has 1 aromatic heterocycles. The maximum atomic E-state index is 12.7. The van der Waals surface area contributed by atoms with Gasteiger partial charge in [0, 0.05) is 5.02 Å². The topological polar surface area (TPSA) is 79.6 Å². The van der Waals surface area contributed by atoms with E-state index < -0.39 is 23.3 Å². The maximum Gasteiger partial charge on any atom is 0.325 e. The number of Topliss-reactive ketones (excluding diaryl/α,β-unsaturated/α-hetero) is 1. The van der Waals surface area contributed by atoms with Crippen molar-refractivity contribution in [3.05, 3.63) is 59.0 Å². The van der Waals surface area contributed by atoms with Crippen LogP contribution in [0.25, 0.3) is 0 Å². The number of carbonyl (C=O) groups excluding carboxylic acids is 3. The van der Waals surface area contributed by atoms with Crippen LogP contribution < -0.4 is 5.32 Å². The molecule has 7 heteroatoms. The van der Waals surface area contributed by atoms with Crippen LogP contribution in [0.2, 0.25) is 5.02 Å². The first-order valence-corrected chi connectivity index (χ1v) is 7.26. The van der Waals surface area contributed by atoms with E-state index in [1.807, 2.05) is 0 Å². The van der Waals surface area contributed by atoms with Crippen molar-refractivity contribution in [3.8, 4) is 0 Å². The number of hydrogen-bond donors (Lipinski definition) is 1. The molecule has 3 amide bonds. The van der Waals surface area contributed by atoms with Crippen LogP contribution in [-0.2, 0) is 10.3 Å². The summed E-state index contributed by atoms with van der Waals surface area (Å²) in [5, 5.41) is 3.15. The Balaban J connectivity index is 1.85. The van der Waals surface area contributed by atoms with Gasteiger partial charge in [-0.2, -0.15) is 0 Å². The van der Waals surface area contributed by atoms with Crippen molar-refractivity contribution in [2.75, 3.05) is 6.54 Å². The molecule has 1 aliphatic heterocycles. The van der Waals surface area contributed by atoms with Crippen LogP contribution >= 0.6 is 11.6 Å². The quantitative estimate of drug-likeness (QED) is 0.689. The second-order valence-corrected chi connectivity index (χ2v) is 5.79. The number of nitrogens with zero attached hydrogens (tertiary/aromatic N) is 1. The van der Waals surface area contributed by atoms with Crippen LogP contribution in [0.1, 0.15) is 23.0 Å². The van der Waals surface area contributed by atoms with Crippen LogP contribution in [-0.4, -0.2) is 29.2 Å². The Labute approximate surface area is 137 Å². The molecule has 1 N–H and O–H groups in total. The molecule has 1 aromatic carbocycles. The highest BCUT2D eigenvalue weighted by atomic mass is 35.5. The van der Waals surface area contributed by atoms with Crippen molar-refractivity contribution < 1.29 is 18.8 Å². The Bertz CT molecular complexity index is 770. The number of urea groups is 1. The summed E-state index contributed by atoms with van der Waals surface area (Å²) in [6, 6.07) is 9.04. The summed E-state index contributed by atoms with van der Waals surface area (Å²) in [6.45, 7) is 1.22. The van der Waals surface area contributed by atoms with Crippen molar-refractivity contribution in [1.29, 1.82) is 0 Å². The van der Waals surface area contributed by atoms with Gasteiger partial charge in [0.25, 0.3) is 5.91 Å². The van der Waals surface area contributed by atoms with Gasteiger partial charge in [0.05, 0.1) is 12.8 Å². The van der Waals surface area contributed by atoms with Gasteiger partial charge in [0.15, 0.2) is 5.76 Å². The lowest BCUT2D eigenvalue weighted by Crippen LogP contribution is -2.41. The summed E-state index contributed by atoms with van der Waals surface area (Å²) in [5.74, 6) is -0.839. The third-order valence-electron chi connectivity index (χ3n) is 3.79. The average Bonchev–Trinajstić information content (AvgIpc) is 3.12. The Hall–Kier alpha value is -2.60. The van der Waals surface area contributed by atoms with Crippen molar-refractivity contribution >= 4 is 29.3 Å². The molecule has 1 fully saturated rings. The molecule has 23 heavy (non-hydrogen) atoms. The first-order valence-electron chi connectivity index (χ1n) is 6.88. The normalized spacial score (nSPS) is 20.7. The number of rotatable bonds is 4. The molecule has 0 radical (unpaired) electrons. The number of hydrogen-bond acceptors (Lipinski definition) is 4. The van der Waals surface area contributed by atoms with Gasteiger partial charge in [-0.25, -0.2) is 4.79 Å². The van der Waals surface area contributed by atoms with Gasteiger partial charge in [-0.15, -0.1) is 0 Å². The number of halogens is 1. The standard InChI is InChI=1S/C16H13ClN2O4/c1-16(10-4-6-11(17)7-5-10)14(21)19(15(22)18-16)9-12(20)13-3-2-8-23-13/h2-8H,9H2,1H3,(H,18,22)/t16-/m0/s1. The zero-order chi connectivity index (χ0) is 16.6. The van der Waals surface area contributed by atoms with Crippen molar-refractivity contribution in [2.45, 2.75) is 12.5 Å². The molecule has 1 aliphatic rings. The van der Waals surface area contributed by atoms with E-state index in [2.05, 4.69) is 5.32 Å². The maximum absolute atomic E-state index is 12.7. The number of nitrogens with one attached hydrogen (secondary N) is 1. The lowest BCUT2D eigenvalue weighted by Gasteiger charge is -2.22. The molecule has 0 bridgehead atoms. The van der Waals surface area contributed by atoms with Gasteiger partial charge in [0.2, 0.25) is 5.78 Å². The predicted octanol–water partition coefficient (Wildman–Crippen LogP) is 2.58. The summed E-state index contributed by atoms with van der Waals surface area (Å²) in [7, 11) is 0. The third-order valence-corrected chi connectivity index (χ3v) is 4.05. The van der Waals surface area contributed by atoms with E-state index in [1.54, 1.807) is 37.3 Å². The van der Waals surface area contributed by atoms with Crippen LogP contribution in [0.15, 0.2) is 47.1 Å². The van der Waals surface area contributed by atoms with Crippen LogP contribution in [0.3, 0.4) is 0 Å². The fourth-order valence-electron chi connectivity index (χ4n) is 2.48. The van der Waals surface area contributed by atoms with E-state index in [4.69, 9.17) is 16.0 Å². The number of furan rings is 1. The zero-order valence-corrected chi connectivity index (χ0v) is 13.0. The molecular weight excluding hydrogens is 320 g/mol. The van der Waals surface area contributed by atoms with Crippen LogP contribution in [0.4, 0.5) is 4.79 Å². The predicted molar refractivity (Wildman–Crippen MR) is 82.1 cm³/mol. The first kappa shape index (κ1) is 15.3. The minimum atomic E-state index is -1.23. The number of benzene rings is 1. The van der Waals surface area contributed by atoms with Crippen molar-refractivity contribution in [2.24, 2.45) is 0 Å². The minimum absolute atomic E-state index is 0.102. The number of amides is 3. The average molecular weight is 333 g/mol. The van der Waals surface area contributed by atoms with E-state index in [1.165, 1.54) is 12.3 Å². The molecular formula is C16H13ClN2O4. The van der Waals surface area contributed by atoms with Gasteiger partial charge in [-0.1, -0.05) is 23.7 Å². The Kier molecular flexibility index (Phi) is 3.69. The Morgan fingerprint density at radius 1 is 1.26 bits per heavy atom. The molecule has 1 saturated heterocycles. The van der Waals surface area contributed by atoms with Crippen molar-refractivity contribution in [3.63, 3.8) is 0 Å². The van der Waals surface area contributed by atoms with E-state index in [9.17, 15) is 14.4 Å². The molecule has 0 unspecified atom stereocenters. The fraction of sp³-hybridized carbons (Fsp3) is 0.188. The largest absolute Gasteiger partial charge is 0.461 e. The molecule has 0 spiro atoms. The van der Waals surface area contributed by atoms with Crippen LogP contribution in [0.5, 0.6) is 0 Å². The number of imide groups is 1. The first-order chi connectivity index (χ1) is 10.9. The smallest absolute Gasteiger partial charge is 0.325 e. The monoisotopic (exact) mass is 332 g/mol. The number of carbonyl (C=O) groups is 3. The molecule has 2 aromatic rings. The Morgan fingerprint density at radius 2 is 1.96 bits per heavy atom. The van der Waals surface area contributed by atoms with Crippen molar-refractivity contribution in [1.82, 2.24) is 10.2 Å². The zero-order valence-electron chi connectivity index (χ0n) is 12.2. The molecule has 6 nitrogen and oxygen atoms in total. The lowest BCUT2D eigenvalue weighted by atomic mass is 9.92. The van der Waals surface area contributed by atoms with E-state index in [0.29, 0.717) is 10.6 Å². The summed E-state index contributed by atoms with van der Waals surface area (Å²) in [4.78, 5) is 37.7. The fourth-order valence-corrected chi connectivity index (χ4v) is 2.60. The minimum Gasteiger partial charge on any atom is -0.461 e. The highest BCUT2D eigenvalue weighted by Gasteiger charge is 2.49. The van der Waals surface area contributed by atoms with Crippen LogP contribution in [0, 0.1) is 0 Å². The van der Waals surface area contributed by atoms with E-state index in [0.717, 1.165) is 4.90 Å². The second kappa shape index (κ2) is 5.55. The summed E-state index contributed by atoms with van der Waals surface area (Å²) < 4.78 is 4.99. The molecule has 0 aliphatic carbocycles.